The van der Waals surface area contributed by atoms with E-state index in [9.17, 15) is 9.59 Å². The van der Waals surface area contributed by atoms with Crippen LogP contribution in [0.3, 0.4) is 0 Å². The molecule has 0 aliphatic rings. The largest absolute Gasteiger partial charge is 0.514 e. The van der Waals surface area contributed by atoms with Crippen molar-refractivity contribution in [1.82, 2.24) is 0 Å². The number of carbonyl (C=O) groups is 2. The Kier molecular flexibility index (Phi) is 6.37. The first-order valence-corrected chi connectivity index (χ1v) is 7.28. The zero-order chi connectivity index (χ0) is 16.9. The van der Waals surface area contributed by atoms with E-state index in [1.54, 1.807) is 32.9 Å². The summed E-state index contributed by atoms with van der Waals surface area (Å²) in [4.78, 5) is 23.9. The van der Waals surface area contributed by atoms with Crippen molar-refractivity contribution < 1.29 is 28.5 Å². The summed E-state index contributed by atoms with van der Waals surface area (Å²) in [7, 11) is 2.74. The summed E-state index contributed by atoms with van der Waals surface area (Å²) in [6, 6.07) is 3.34. The quantitative estimate of drug-likeness (QED) is 0.591. The Morgan fingerprint density at radius 3 is 2.32 bits per heavy atom. The molecule has 22 heavy (non-hydrogen) atoms. The van der Waals surface area contributed by atoms with Crippen LogP contribution in [-0.2, 0) is 20.8 Å². The molecule has 0 saturated carbocycles. The Morgan fingerprint density at radius 2 is 1.82 bits per heavy atom. The molecule has 122 valence electrons. The van der Waals surface area contributed by atoms with Crippen LogP contribution in [0.1, 0.15) is 36.7 Å². The van der Waals surface area contributed by atoms with Crippen molar-refractivity contribution in [2.24, 2.45) is 0 Å². The Hall–Kier alpha value is -1.60. The summed E-state index contributed by atoms with van der Waals surface area (Å²) in [5.74, 6) is -0.595. The molecule has 0 unspecified atom stereocenters. The van der Waals surface area contributed by atoms with Crippen LogP contribution in [0.2, 0.25) is 0 Å². The van der Waals surface area contributed by atoms with E-state index in [4.69, 9.17) is 18.9 Å². The second-order valence-electron chi connectivity index (χ2n) is 5.40. The number of ether oxygens (including phenoxy) is 4. The van der Waals surface area contributed by atoms with E-state index in [0.29, 0.717) is 10.0 Å². The van der Waals surface area contributed by atoms with Gasteiger partial charge in [0, 0.05) is 7.11 Å². The summed E-state index contributed by atoms with van der Waals surface area (Å²) in [6.45, 7) is 5.31. The van der Waals surface area contributed by atoms with Gasteiger partial charge in [0.1, 0.15) is 11.2 Å². The Balaban J connectivity index is 3.24. The number of benzene rings is 1. The number of esters is 1. The highest BCUT2D eigenvalue weighted by atomic mass is 79.9. The molecule has 6 nitrogen and oxygen atoms in total. The Bertz CT molecular complexity index is 562. The van der Waals surface area contributed by atoms with Crippen molar-refractivity contribution in [3.05, 3.63) is 27.7 Å². The highest BCUT2D eigenvalue weighted by Gasteiger charge is 2.25. The molecule has 0 bridgehead atoms. The van der Waals surface area contributed by atoms with E-state index in [2.05, 4.69) is 15.9 Å². The maximum absolute atomic E-state index is 12.0. The third-order valence-electron chi connectivity index (χ3n) is 2.46. The van der Waals surface area contributed by atoms with Gasteiger partial charge in [0.05, 0.1) is 18.2 Å². The van der Waals surface area contributed by atoms with Gasteiger partial charge in [-0.1, -0.05) is 6.07 Å². The van der Waals surface area contributed by atoms with Gasteiger partial charge in [-0.3, -0.25) is 0 Å². The van der Waals surface area contributed by atoms with E-state index < -0.39 is 17.7 Å². The summed E-state index contributed by atoms with van der Waals surface area (Å²) in [6.07, 6.45) is -0.909. The molecule has 1 aromatic rings. The third-order valence-corrected chi connectivity index (χ3v) is 3.08. The number of hydrogen-bond donors (Lipinski definition) is 0. The maximum atomic E-state index is 12.0. The van der Waals surface area contributed by atoms with Gasteiger partial charge < -0.3 is 18.9 Å². The predicted molar refractivity (Wildman–Crippen MR) is 83.1 cm³/mol. The summed E-state index contributed by atoms with van der Waals surface area (Å²) >= 11 is 3.26. The molecule has 0 atom stereocenters. The van der Waals surface area contributed by atoms with E-state index >= 15 is 0 Å². The summed E-state index contributed by atoms with van der Waals surface area (Å²) < 4.78 is 20.5. The number of halogens is 1. The lowest BCUT2D eigenvalue weighted by Gasteiger charge is -2.20. The van der Waals surface area contributed by atoms with Crippen molar-refractivity contribution in [3.8, 4) is 5.75 Å². The van der Waals surface area contributed by atoms with Gasteiger partial charge in [0.15, 0.2) is 5.75 Å². The third kappa shape index (κ3) is 4.99. The van der Waals surface area contributed by atoms with E-state index in [1.165, 1.54) is 14.2 Å². The Labute approximate surface area is 137 Å². The molecule has 0 spiro atoms. The number of carbonyl (C=O) groups excluding carboxylic acids is 2. The topological polar surface area (TPSA) is 71.1 Å². The first-order valence-electron chi connectivity index (χ1n) is 6.49. The fraction of sp³-hybridized carbons (Fsp3) is 0.467. The highest BCUT2D eigenvalue weighted by Crippen LogP contribution is 2.33. The van der Waals surface area contributed by atoms with Crippen LogP contribution in [0.5, 0.6) is 5.75 Å². The van der Waals surface area contributed by atoms with Gasteiger partial charge in [-0.15, -0.1) is 0 Å². The van der Waals surface area contributed by atoms with Crippen molar-refractivity contribution in [2.45, 2.75) is 33.0 Å². The molecule has 7 heteroatoms. The molecule has 0 heterocycles. The number of methoxy groups -OCH3 is 2. The van der Waals surface area contributed by atoms with Crippen molar-refractivity contribution in [3.63, 3.8) is 0 Å². The first-order chi connectivity index (χ1) is 10.2. The molecular formula is C15H19BrO6. The lowest BCUT2D eigenvalue weighted by atomic mass is 10.1. The minimum Gasteiger partial charge on any atom is -0.465 e. The zero-order valence-electron chi connectivity index (χ0n) is 13.2. The van der Waals surface area contributed by atoms with E-state index in [0.717, 1.165) is 0 Å². The van der Waals surface area contributed by atoms with Crippen LogP contribution in [0.15, 0.2) is 16.6 Å². The van der Waals surface area contributed by atoms with E-state index in [-0.39, 0.29) is 17.9 Å². The van der Waals surface area contributed by atoms with Crippen LogP contribution in [-0.4, -0.2) is 31.9 Å². The number of rotatable bonds is 4. The molecule has 1 aromatic carbocycles. The molecule has 1 rings (SSSR count). The highest BCUT2D eigenvalue weighted by molar-refractivity contribution is 9.10. The second-order valence-corrected chi connectivity index (χ2v) is 6.26. The molecule has 0 aliphatic heterocycles. The van der Waals surface area contributed by atoms with Gasteiger partial charge in [0.2, 0.25) is 0 Å². The molecule has 0 fully saturated rings. The SMILES string of the molecule is COCc1ccc(Br)c(OC(=O)OC(C)(C)C)c1C(=O)OC. The first kappa shape index (κ1) is 18.4. The van der Waals surface area contributed by atoms with Gasteiger partial charge in [0.25, 0.3) is 0 Å². The van der Waals surface area contributed by atoms with Gasteiger partial charge in [-0.25, -0.2) is 9.59 Å². The van der Waals surface area contributed by atoms with Crippen LogP contribution in [0.25, 0.3) is 0 Å². The van der Waals surface area contributed by atoms with Crippen LogP contribution in [0.4, 0.5) is 4.79 Å². The smallest absolute Gasteiger partial charge is 0.465 e. The van der Waals surface area contributed by atoms with Gasteiger partial charge in [-0.2, -0.15) is 0 Å². The van der Waals surface area contributed by atoms with Crippen molar-refractivity contribution in [1.29, 1.82) is 0 Å². The fourth-order valence-electron chi connectivity index (χ4n) is 1.65. The fourth-order valence-corrected chi connectivity index (χ4v) is 2.06. The number of hydrogen-bond acceptors (Lipinski definition) is 6. The van der Waals surface area contributed by atoms with Gasteiger partial charge in [-0.05, 0) is 48.3 Å². The molecular weight excluding hydrogens is 356 g/mol. The zero-order valence-corrected chi connectivity index (χ0v) is 14.8. The molecule has 0 amide bonds. The Morgan fingerprint density at radius 1 is 1.18 bits per heavy atom. The maximum Gasteiger partial charge on any atom is 0.514 e. The minimum atomic E-state index is -0.909. The molecule has 0 N–H and O–H groups in total. The average Bonchev–Trinajstić information content (AvgIpc) is 2.40. The lowest BCUT2D eigenvalue weighted by Crippen LogP contribution is -2.26. The molecule has 0 aliphatic carbocycles. The van der Waals surface area contributed by atoms with Gasteiger partial charge >= 0.3 is 12.1 Å². The summed E-state index contributed by atoms with van der Waals surface area (Å²) in [5.41, 5.74) is -0.0558. The summed E-state index contributed by atoms with van der Waals surface area (Å²) in [5, 5.41) is 0. The molecule has 0 radical (unpaired) electrons. The monoisotopic (exact) mass is 374 g/mol. The second kappa shape index (κ2) is 7.60. The van der Waals surface area contributed by atoms with Crippen molar-refractivity contribution >= 4 is 28.1 Å². The molecule has 0 saturated heterocycles. The molecule has 0 aromatic heterocycles. The van der Waals surface area contributed by atoms with Crippen LogP contribution < -0.4 is 4.74 Å². The van der Waals surface area contributed by atoms with Crippen molar-refractivity contribution in [2.75, 3.05) is 14.2 Å². The minimum absolute atomic E-state index is 0.0376. The predicted octanol–water partition coefficient (Wildman–Crippen LogP) is 3.70. The van der Waals surface area contributed by atoms with Crippen LogP contribution >= 0.6 is 15.9 Å². The van der Waals surface area contributed by atoms with Crippen LogP contribution in [0, 0.1) is 0 Å². The normalized spacial score (nSPS) is 11.0. The lowest BCUT2D eigenvalue weighted by molar-refractivity contribution is 0.0201. The average molecular weight is 375 g/mol. The standard InChI is InChI=1S/C15H19BrO6/c1-15(2,3)22-14(18)21-12-10(16)7-6-9(8-19-4)11(12)13(17)20-5/h6-7H,8H2,1-5H3. The van der Waals surface area contributed by atoms with E-state index in [1.807, 2.05) is 0 Å².